The molecule has 0 saturated heterocycles. The molecule has 0 amide bonds. The Hall–Kier alpha value is -4.46. The third-order valence-electron chi connectivity index (χ3n) is 4.53. The summed E-state index contributed by atoms with van der Waals surface area (Å²) in [6, 6.07) is 15.6. The second kappa shape index (κ2) is 6.56. The van der Waals surface area contributed by atoms with Crippen molar-refractivity contribution in [3.05, 3.63) is 82.9 Å². The molecule has 0 fully saturated rings. The van der Waals surface area contributed by atoms with E-state index in [9.17, 15) is 19.2 Å². The molecule has 0 radical (unpaired) electrons. The van der Waals surface area contributed by atoms with Gasteiger partial charge in [0.05, 0.1) is 11.1 Å². The van der Waals surface area contributed by atoms with Crippen LogP contribution in [0, 0.1) is 0 Å². The number of carbonyl (C=O) groups is 4. The Balaban J connectivity index is 1.45. The number of carbonyl (C=O) groups excluding carboxylic acids is 4. The molecule has 0 unspecified atom stereocenters. The Kier molecular flexibility index (Phi) is 3.85. The van der Waals surface area contributed by atoms with E-state index in [1.165, 1.54) is 30.3 Å². The molecule has 5 rings (SSSR count). The zero-order chi connectivity index (χ0) is 20.8. The van der Waals surface area contributed by atoms with Crippen molar-refractivity contribution in [2.45, 2.75) is 0 Å². The number of rotatable bonds is 4. The van der Waals surface area contributed by atoms with Gasteiger partial charge in [-0.2, -0.15) is 0 Å². The van der Waals surface area contributed by atoms with Crippen LogP contribution in [0.4, 0.5) is 0 Å². The monoisotopic (exact) mass is 402 g/mol. The minimum absolute atomic E-state index is 0.0518. The van der Waals surface area contributed by atoms with Gasteiger partial charge in [-0.3, -0.25) is 0 Å². The molecule has 2 aliphatic heterocycles. The fourth-order valence-electron chi connectivity index (χ4n) is 3.23. The normalized spacial score (nSPS) is 14.1. The Morgan fingerprint density at radius 3 is 1.43 bits per heavy atom. The number of ether oxygens (including phenoxy) is 4. The predicted octanol–water partition coefficient (Wildman–Crippen LogP) is 3.89. The van der Waals surface area contributed by atoms with E-state index in [1.807, 2.05) is 0 Å². The van der Waals surface area contributed by atoms with Gasteiger partial charge in [0.1, 0.15) is 34.1 Å². The van der Waals surface area contributed by atoms with E-state index < -0.39 is 23.9 Å². The van der Waals surface area contributed by atoms with Crippen LogP contribution in [-0.4, -0.2) is 23.9 Å². The van der Waals surface area contributed by atoms with Crippen molar-refractivity contribution in [3.8, 4) is 23.0 Å². The summed E-state index contributed by atoms with van der Waals surface area (Å²) in [6.45, 7) is 0. The van der Waals surface area contributed by atoms with Crippen LogP contribution < -0.4 is 9.47 Å². The highest BCUT2D eigenvalue weighted by Gasteiger charge is 2.34. The summed E-state index contributed by atoms with van der Waals surface area (Å²) in [7, 11) is 0. The van der Waals surface area contributed by atoms with Crippen molar-refractivity contribution in [1.82, 2.24) is 0 Å². The van der Waals surface area contributed by atoms with Gasteiger partial charge in [0.25, 0.3) is 0 Å². The van der Waals surface area contributed by atoms with Crippen molar-refractivity contribution in [1.29, 1.82) is 0 Å². The Bertz CT molecular complexity index is 1180. The molecule has 146 valence electrons. The SMILES string of the molecule is O=C1OC(=O)c2c(Oc3cccc(Oc4cccc5c4C(=O)OC5=O)c3)cccc21. The first kappa shape index (κ1) is 17.6. The molecule has 0 N–H and O–H groups in total. The lowest BCUT2D eigenvalue weighted by Crippen LogP contribution is -1.99. The first-order valence-corrected chi connectivity index (χ1v) is 8.76. The zero-order valence-electron chi connectivity index (χ0n) is 15.0. The molecule has 30 heavy (non-hydrogen) atoms. The van der Waals surface area contributed by atoms with Gasteiger partial charge in [0.2, 0.25) is 0 Å². The van der Waals surface area contributed by atoms with Gasteiger partial charge >= 0.3 is 23.9 Å². The van der Waals surface area contributed by atoms with Crippen LogP contribution in [0.5, 0.6) is 23.0 Å². The van der Waals surface area contributed by atoms with Gasteiger partial charge in [-0.05, 0) is 36.4 Å². The number of hydrogen-bond acceptors (Lipinski definition) is 8. The van der Waals surface area contributed by atoms with E-state index in [-0.39, 0.29) is 33.8 Å². The van der Waals surface area contributed by atoms with Gasteiger partial charge in [-0.25, -0.2) is 19.2 Å². The van der Waals surface area contributed by atoms with E-state index in [0.29, 0.717) is 11.5 Å². The molecule has 0 bridgehead atoms. The summed E-state index contributed by atoms with van der Waals surface area (Å²) in [5.41, 5.74) is 0.368. The van der Waals surface area contributed by atoms with Crippen molar-refractivity contribution in [2.24, 2.45) is 0 Å². The molecular weight excluding hydrogens is 392 g/mol. The highest BCUT2D eigenvalue weighted by molar-refractivity contribution is 6.16. The molecule has 0 spiro atoms. The van der Waals surface area contributed by atoms with E-state index in [4.69, 9.17) is 9.47 Å². The first-order valence-electron chi connectivity index (χ1n) is 8.76. The average Bonchev–Trinajstić information content (AvgIpc) is 3.19. The molecule has 3 aromatic rings. The van der Waals surface area contributed by atoms with E-state index in [2.05, 4.69) is 9.47 Å². The Morgan fingerprint density at radius 2 is 0.967 bits per heavy atom. The summed E-state index contributed by atoms with van der Waals surface area (Å²) < 4.78 is 20.8. The lowest BCUT2D eigenvalue weighted by molar-refractivity contribution is 0.0424. The van der Waals surface area contributed by atoms with Gasteiger partial charge in [-0.15, -0.1) is 0 Å². The fourth-order valence-corrected chi connectivity index (χ4v) is 3.23. The highest BCUT2D eigenvalue weighted by Crippen LogP contribution is 2.36. The average molecular weight is 402 g/mol. The zero-order valence-corrected chi connectivity index (χ0v) is 15.0. The first-order chi connectivity index (χ1) is 14.5. The van der Waals surface area contributed by atoms with Crippen LogP contribution in [0.2, 0.25) is 0 Å². The van der Waals surface area contributed by atoms with Gasteiger partial charge < -0.3 is 18.9 Å². The molecule has 2 aliphatic rings. The third kappa shape index (κ3) is 2.78. The van der Waals surface area contributed by atoms with Crippen LogP contribution in [0.25, 0.3) is 0 Å². The number of cyclic esters (lactones) is 4. The van der Waals surface area contributed by atoms with Crippen LogP contribution in [-0.2, 0) is 9.47 Å². The smallest absolute Gasteiger partial charge is 0.350 e. The standard InChI is InChI=1S/C22H10O8/c23-19-13-6-2-8-15(17(13)21(25)29-19)27-11-4-1-5-12(10-11)28-16-9-3-7-14-18(16)22(26)30-20(14)24/h1-10H. The summed E-state index contributed by atoms with van der Waals surface area (Å²) in [5, 5.41) is 0. The van der Waals surface area contributed by atoms with Crippen LogP contribution in [0.1, 0.15) is 41.4 Å². The molecule has 8 nitrogen and oxygen atoms in total. The van der Waals surface area contributed by atoms with E-state index >= 15 is 0 Å². The maximum absolute atomic E-state index is 11.9. The number of benzene rings is 3. The van der Waals surface area contributed by atoms with Crippen LogP contribution >= 0.6 is 0 Å². The summed E-state index contributed by atoms with van der Waals surface area (Å²) in [5.74, 6) is -2.04. The van der Waals surface area contributed by atoms with Gasteiger partial charge in [0, 0.05) is 6.07 Å². The molecular formula is C22H10O8. The Morgan fingerprint density at radius 1 is 0.533 bits per heavy atom. The largest absolute Gasteiger partial charge is 0.456 e. The molecule has 3 aromatic carbocycles. The summed E-state index contributed by atoms with van der Waals surface area (Å²) >= 11 is 0. The van der Waals surface area contributed by atoms with Crippen molar-refractivity contribution >= 4 is 23.9 Å². The molecule has 0 aromatic heterocycles. The molecule has 0 atom stereocenters. The van der Waals surface area contributed by atoms with Crippen molar-refractivity contribution in [2.75, 3.05) is 0 Å². The molecule has 0 aliphatic carbocycles. The van der Waals surface area contributed by atoms with Crippen molar-refractivity contribution in [3.63, 3.8) is 0 Å². The molecule has 2 heterocycles. The maximum atomic E-state index is 11.9. The predicted molar refractivity (Wildman–Crippen MR) is 99.0 cm³/mol. The van der Waals surface area contributed by atoms with Crippen LogP contribution in [0.15, 0.2) is 60.7 Å². The topological polar surface area (TPSA) is 105 Å². The maximum Gasteiger partial charge on any atom is 0.350 e. The second-order valence-corrected chi connectivity index (χ2v) is 6.39. The highest BCUT2D eigenvalue weighted by atomic mass is 16.6. The van der Waals surface area contributed by atoms with Crippen LogP contribution in [0.3, 0.4) is 0 Å². The lowest BCUT2D eigenvalue weighted by Gasteiger charge is -2.11. The quantitative estimate of drug-likeness (QED) is 0.478. The minimum atomic E-state index is -0.777. The number of hydrogen-bond donors (Lipinski definition) is 0. The lowest BCUT2D eigenvalue weighted by atomic mass is 10.1. The molecule has 8 heteroatoms. The number of esters is 4. The second-order valence-electron chi connectivity index (χ2n) is 6.39. The van der Waals surface area contributed by atoms with Crippen molar-refractivity contribution < 1.29 is 38.1 Å². The third-order valence-corrected chi connectivity index (χ3v) is 4.53. The fraction of sp³-hybridized carbons (Fsp3) is 0. The summed E-state index contributed by atoms with van der Waals surface area (Å²) in [4.78, 5) is 47.3. The number of fused-ring (bicyclic) bond motifs is 2. The van der Waals surface area contributed by atoms with Gasteiger partial charge in [0.15, 0.2) is 0 Å². The summed E-state index contributed by atoms with van der Waals surface area (Å²) in [6.07, 6.45) is 0. The van der Waals surface area contributed by atoms with Gasteiger partial charge in [-0.1, -0.05) is 18.2 Å². The van der Waals surface area contributed by atoms with E-state index in [1.54, 1.807) is 30.3 Å². The van der Waals surface area contributed by atoms with E-state index in [0.717, 1.165) is 0 Å². The Labute approximate surface area is 168 Å². The minimum Gasteiger partial charge on any atom is -0.456 e. The molecule has 0 saturated carbocycles.